The monoisotopic (exact) mass is 372 g/mol. The Morgan fingerprint density at radius 3 is 2.50 bits per heavy atom. The molecular weight excluding hydrogens is 351 g/mol. The first-order chi connectivity index (χ1) is 12.6. The maximum Gasteiger partial charge on any atom is 0.233 e. The van der Waals surface area contributed by atoms with Gasteiger partial charge in [-0.15, -0.1) is 11.8 Å². The lowest BCUT2D eigenvalue weighted by Crippen LogP contribution is -2.36. The Morgan fingerprint density at radius 1 is 1.00 bits per heavy atom. The number of carbonyl (C=O) groups is 2. The number of benzene rings is 2. The molecule has 2 amide bonds. The van der Waals surface area contributed by atoms with Gasteiger partial charge >= 0.3 is 0 Å². The number of halogens is 1. The molecule has 136 valence electrons. The molecule has 0 aliphatic carbocycles. The number of hydrogen-bond donors (Lipinski definition) is 0. The summed E-state index contributed by atoms with van der Waals surface area (Å²) >= 11 is 1.50. The van der Waals surface area contributed by atoms with Gasteiger partial charge in [-0.3, -0.25) is 9.59 Å². The van der Waals surface area contributed by atoms with Crippen LogP contribution in [0.2, 0.25) is 0 Å². The summed E-state index contributed by atoms with van der Waals surface area (Å²) in [7, 11) is 0. The van der Waals surface area contributed by atoms with Gasteiger partial charge < -0.3 is 9.80 Å². The van der Waals surface area contributed by atoms with Crippen LogP contribution < -0.4 is 0 Å². The third kappa shape index (κ3) is 4.85. The highest BCUT2D eigenvalue weighted by Crippen LogP contribution is 2.18. The molecule has 0 aromatic heterocycles. The highest BCUT2D eigenvalue weighted by atomic mass is 32.2. The van der Waals surface area contributed by atoms with Crippen LogP contribution >= 0.6 is 11.8 Å². The van der Waals surface area contributed by atoms with Crippen molar-refractivity contribution in [1.29, 1.82) is 0 Å². The summed E-state index contributed by atoms with van der Waals surface area (Å²) in [4.78, 5) is 29.2. The largest absolute Gasteiger partial charge is 0.340 e. The average Bonchev–Trinajstić information content (AvgIpc) is 2.84. The molecule has 26 heavy (non-hydrogen) atoms. The van der Waals surface area contributed by atoms with E-state index in [0.29, 0.717) is 31.0 Å². The Labute approximate surface area is 157 Å². The predicted octanol–water partition coefficient (Wildman–Crippen LogP) is 3.18. The fourth-order valence-corrected chi connectivity index (χ4v) is 3.69. The smallest absolute Gasteiger partial charge is 0.233 e. The summed E-state index contributed by atoms with van der Waals surface area (Å²) in [6, 6.07) is 16.2. The zero-order chi connectivity index (χ0) is 18.4. The quantitative estimate of drug-likeness (QED) is 0.757. The molecule has 2 aromatic rings. The third-order valence-corrected chi connectivity index (χ3v) is 5.36. The first-order valence-electron chi connectivity index (χ1n) is 8.60. The molecule has 0 saturated carbocycles. The number of hydrogen-bond acceptors (Lipinski definition) is 3. The van der Waals surface area contributed by atoms with E-state index in [0.717, 1.165) is 4.90 Å². The predicted molar refractivity (Wildman–Crippen MR) is 100 cm³/mol. The van der Waals surface area contributed by atoms with E-state index in [-0.39, 0.29) is 30.6 Å². The van der Waals surface area contributed by atoms with E-state index in [1.807, 2.05) is 30.3 Å². The van der Waals surface area contributed by atoms with Crippen LogP contribution in [0.1, 0.15) is 12.0 Å². The fraction of sp³-hybridized carbons (Fsp3) is 0.300. The van der Waals surface area contributed by atoms with Crippen LogP contribution in [0, 0.1) is 5.82 Å². The van der Waals surface area contributed by atoms with Gasteiger partial charge in [0.05, 0.1) is 5.75 Å². The number of carbonyl (C=O) groups excluding carboxylic acids is 2. The Hall–Kier alpha value is -2.34. The Morgan fingerprint density at radius 2 is 1.73 bits per heavy atom. The van der Waals surface area contributed by atoms with Crippen molar-refractivity contribution in [3.8, 4) is 0 Å². The van der Waals surface area contributed by atoms with Crippen molar-refractivity contribution < 1.29 is 14.0 Å². The Kier molecular flexibility index (Phi) is 6.28. The molecule has 1 saturated heterocycles. The van der Waals surface area contributed by atoms with Crippen molar-refractivity contribution in [3.05, 3.63) is 66.0 Å². The molecule has 2 aromatic carbocycles. The van der Waals surface area contributed by atoms with Crippen molar-refractivity contribution in [3.63, 3.8) is 0 Å². The summed E-state index contributed by atoms with van der Waals surface area (Å²) in [6.45, 7) is 1.57. The molecule has 0 atom stereocenters. The summed E-state index contributed by atoms with van der Waals surface area (Å²) in [5.74, 6) is 0.0290. The van der Waals surface area contributed by atoms with Gasteiger partial charge in [0.25, 0.3) is 0 Å². The van der Waals surface area contributed by atoms with E-state index in [4.69, 9.17) is 0 Å². The molecule has 1 fully saturated rings. The van der Waals surface area contributed by atoms with E-state index in [1.54, 1.807) is 28.0 Å². The van der Waals surface area contributed by atoms with Gasteiger partial charge in [-0.25, -0.2) is 4.39 Å². The van der Waals surface area contributed by atoms with Crippen molar-refractivity contribution in [1.82, 2.24) is 9.80 Å². The second-order valence-corrected chi connectivity index (χ2v) is 7.19. The lowest BCUT2D eigenvalue weighted by molar-refractivity contribution is -0.130. The molecular formula is C20H21FN2O2S. The number of rotatable bonds is 5. The normalized spacial score (nSPS) is 15.0. The highest BCUT2D eigenvalue weighted by molar-refractivity contribution is 8.00. The average molecular weight is 372 g/mol. The molecule has 3 rings (SSSR count). The van der Waals surface area contributed by atoms with Crippen molar-refractivity contribution >= 4 is 23.6 Å². The van der Waals surface area contributed by atoms with E-state index >= 15 is 0 Å². The van der Waals surface area contributed by atoms with E-state index in [9.17, 15) is 14.0 Å². The SMILES string of the molecule is O=C(CSc1ccccc1)N1CCC(=O)N(Cc2ccccc2F)CC1. The number of amides is 2. The topological polar surface area (TPSA) is 40.6 Å². The van der Waals surface area contributed by atoms with Crippen LogP contribution in [0.5, 0.6) is 0 Å². The molecule has 0 bridgehead atoms. The van der Waals surface area contributed by atoms with Gasteiger partial charge in [-0.1, -0.05) is 36.4 Å². The highest BCUT2D eigenvalue weighted by Gasteiger charge is 2.24. The molecule has 0 spiro atoms. The van der Waals surface area contributed by atoms with E-state index in [2.05, 4.69) is 0 Å². The lowest BCUT2D eigenvalue weighted by atomic mass is 10.2. The standard InChI is InChI=1S/C20H21FN2O2S/c21-18-9-5-4-6-16(18)14-23-13-12-22(11-10-19(23)24)20(25)15-26-17-7-2-1-3-8-17/h1-9H,10-15H2. The van der Waals surface area contributed by atoms with Crippen LogP contribution in [-0.2, 0) is 16.1 Å². The van der Waals surface area contributed by atoms with E-state index in [1.165, 1.54) is 17.8 Å². The van der Waals surface area contributed by atoms with Crippen LogP contribution in [0.25, 0.3) is 0 Å². The van der Waals surface area contributed by atoms with Gasteiger partial charge in [0, 0.05) is 43.1 Å². The first kappa shape index (κ1) is 18.5. The maximum absolute atomic E-state index is 13.8. The second kappa shape index (κ2) is 8.85. The molecule has 0 radical (unpaired) electrons. The summed E-state index contributed by atoms with van der Waals surface area (Å²) in [5.41, 5.74) is 0.500. The van der Waals surface area contributed by atoms with Gasteiger partial charge in [0.15, 0.2) is 0 Å². The second-order valence-electron chi connectivity index (χ2n) is 6.14. The minimum atomic E-state index is -0.309. The molecule has 1 aliphatic heterocycles. The van der Waals surface area contributed by atoms with Gasteiger partial charge in [0.2, 0.25) is 11.8 Å². The number of thioether (sulfide) groups is 1. The summed E-state index contributed by atoms with van der Waals surface area (Å²) < 4.78 is 13.8. The summed E-state index contributed by atoms with van der Waals surface area (Å²) in [6.07, 6.45) is 0.274. The molecule has 0 unspecified atom stereocenters. The molecule has 1 aliphatic rings. The van der Waals surface area contributed by atoms with Gasteiger partial charge in [0.1, 0.15) is 5.82 Å². The third-order valence-electron chi connectivity index (χ3n) is 4.37. The molecule has 4 nitrogen and oxygen atoms in total. The van der Waals surface area contributed by atoms with Crippen LogP contribution in [0.3, 0.4) is 0 Å². The zero-order valence-electron chi connectivity index (χ0n) is 14.4. The van der Waals surface area contributed by atoms with Crippen LogP contribution in [-0.4, -0.2) is 47.0 Å². The van der Waals surface area contributed by atoms with Crippen LogP contribution in [0.4, 0.5) is 4.39 Å². The number of nitrogens with zero attached hydrogens (tertiary/aromatic N) is 2. The molecule has 6 heteroatoms. The molecule has 0 N–H and O–H groups in total. The first-order valence-corrected chi connectivity index (χ1v) is 9.59. The Bertz CT molecular complexity index is 769. The van der Waals surface area contributed by atoms with E-state index < -0.39 is 0 Å². The minimum absolute atomic E-state index is 0.0272. The van der Waals surface area contributed by atoms with Crippen LogP contribution in [0.15, 0.2) is 59.5 Å². The minimum Gasteiger partial charge on any atom is -0.340 e. The van der Waals surface area contributed by atoms with Gasteiger partial charge in [-0.05, 0) is 18.2 Å². The Balaban J connectivity index is 1.55. The van der Waals surface area contributed by atoms with Gasteiger partial charge in [-0.2, -0.15) is 0 Å². The lowest BCUT2D eigenvalue weighted by Gasteiger charge is -2.22. The van der Waals surface area contributed by atoms with Crippen molar-refractivity contribution in [2.45, 2.75) is 17.9 Å². The maximum atomic E-state index is 13.8. The molecule has 1 heterocycles. The van der Waals surface area contributed by atoms with Crippen molar-refractivity contribution in [2.75, 3.05) is 25.4 Å². The van der Waals surface area contributed by atoms with Crippen molar-refractivity contribution in [2.24, 2.45) is 0 Å². The summed E-state index contributed by atoms with van der Waals surface area (Å²) in [5, 5.41) is 0. The fourth-order valence-electron chi connectivity index (χ4n) is 2.87. The zero-order valence-corrected chi connectivity index (χ0v) is 15.3.